The number of nitrogens with zero attached hydrogens (tertiary/aromatic N) is 7. The number of imidazole rings is 1. The van der Waals surface area contributed by atoms with Crippen LogP contribution in [0.1, 0.15) is 23.2 Å². The summed E-state index contributed by atoms with van der Waals surface area (Å²) < 4.78 is 3.79. The number of rotatable bonds is 5. The number of fused-ring (bicyclic) bond motifs is 1. The first-order valence-electron chi connectivity index (χ1n) is 11.5. The van der Waals surface area contributed by atoms with Gasteiger partial charge < -0.3 is 9.47 Å². The van der Waals surface area contributed by atoms with Gasteiger partial charge in [0.2, 0.25) is 0 Å². The Balaban J connectivity index is 1.16. The predicted octanol–water partition coefficient (Wildman–Crippen LogP) is 3.56. The molecule has 2 aromatic carbocycles. The highest BCUT2D eigenvalue weighted by atomic mass is 16.2. The molecule has 9 nitrogen and oxygen atoms in total. The van der Waals surface area contributed by atoms with Crippen LogP contribution in [0.15, 0.2) is 73.4 Å². The van der Waals surface area contributed by atoms with Crippen LogP contribution in [0.5, 0.6) is 0 Å². The lowest BCUT2D eigenvalue weighted by Crippen LogP contribution is -2.41. The number of H-pyrrole nitrogens is 1. The molecule has 5 aromatic rings. The van der Waals surface area contributed by atoms with Crippen molar-refractivity contribution in [3.05, 3.63) is 79.0 Å². The molecule has 1 N–H and O–H groups in total. The van der Waals surface area contributed by atoms with Gasteiger partial charge in [-0.15, -0.1) is 5.10 Å². The van der Waals surface area contributed by atoms with Gasteiger partial charge in [0.15, 0.2) is 0 Å². The van der Waals surface area contributed by atoms with Crippen LogP contribution < -0.4 is 0 Å². The molecule has 0 saturated carbocycles. The largest absolute Gasteiger partial charge is 0.338 e. The Morgan fingerprint density at radius 2 is 2.00 bits per heavy atom. The van der Waals surface area contributed by atoms with Gasteiger partial charge >= 0.3 is 0 Å². The van der Waals surface area contributed by atoms with Crippen molar-refractivity contribution in [2.24, 2.45) is 5.92 Å². The van der Waals surface area contributed by atoms with Crippen molar-refractivity contribution in [1.29, 1.82) is 0 Å². The van der Waals surface area contributed by atoms with Crippen LogP contribution in [0.3, 0.4) is 0 Å². The molecule has 4 heterocycles. The van der Waals surface area contributed by atoms with E-state index in [-0.39, 0.29) is 5.91 Å². The Labute approximate surface area is 196 Å². The molecule has 1 aliphatic rings. The lowest BCUT2D eigenvalue weighted by molar-refractivity contribution is 0.0662. The van der Waals surface area contributed by atoms with Crippen molar-refractivity contribution < 1.29 is 4.79 Å². The highest BCUT2D eigenvalue weighted by molar-refractivity contribution is 5.94. The third kappa shape index (κ3) is 3.85. The second kappa shape index (κ2) is 8.58. The maximum atomic E-state index is 13.1. The Morgan fingerprint density at radius 1 is 1.12 bits per heavy atom. The first-order valence-corrected chi connectivity index (χ1v) is 11.5. The number of aromatic nitrogens is 7. The summed E-state index contributed by atoms with van der Waals surface area (Å²) in [6.07, 6.45) is 9.61. The van der Waals surface area contributed by atoms with Crippen LogP contribution in [0.25, 0.3) is 28.0 Å². The molecule has 0 spiro atoms. The summed E-state index contributed by atoms with van der Waals surface area (Å²) in [5.74, 6) is 0.516. The average molecular weight is 453 g/mol. The summed E-state index contributed by atoms with van der Waals surface area (Å²) in [6.45, 7) is 2.45. The monoisotopic (exact) mass is 452 g/mol. The summed E-state index contributed by atoms with van der Waals surface area (Å²) in [6, 6.07) is 15.5. The Hall–Kier alpha value is -4.27. The van der Waals surface area contributed by atoms with Crippen molar-refractivity contribution in [1.82, 2.24) is 39.6 Å². The standard InChI is InChI=1S/C25H24N8O/c34-25(32-12-3-4-18(15-32)14-31-13-11-26-17-31)19-7-9-20(10-8-19)33-16-23(28-30-33)24-21-5-1-2-6-22(21)27-29-24/h1-2,5-11,13,16-18H,3-4,12,14-15H2,(H,27,29). The van der Waals surface area contributed by atoms with Gasteiger partial charge in [0.25, 0.3) is 5.91 Å². The van der Waals surface area contributed by atoms with Gasteiger partial charge in [0, 0.05) is 43.0 Å². The van der Waals surface area contributed by atoms with Crippen molar-refractivity contribution in [2.45, 2.75) is 19.4 Å². The van der Waals surface area contributed by atoms with Crippen LogP contribution in [0.4, 0.5) is 0 Å². The van der Waals surface area contributed by atoms with Crippen molar-refractivity contribution >= 4 is 16.8 Å². The van der Waals surface area contributed by atoms with E-state index in [0.29, 0.717) is 17.2 Å². The molecule has 1 amide bonds. The van der Waals surface area contributed by atoms with Crippen molar-refractivity contribution in [3.8, 4) is 17.1 Å². The third-order valence-electron chi connectivity index (χ3n) is 6.42. The summed E-state index contributed by atoms with van der Waals surface area (Å²) in [5, 5.41) is 17.0. The smallest absolute Gasteiger partial charge is 0.253 e. The first-order chi connectivity index (χ1) is 16.7. The van der Waals surface area contributed by atoms with Crippen molar-refractivity contribution in [3.63, 3.8) is 0 Å². The van der Waals surface area contributed by atoms with Gasteiger partial charge in [-0.3, -0.25) is 9.89 Å². The summed E-state index contributed by atoms with van der Waals surface area (Å²) in [4.78, 5) is 19.2. The van der Waals surface area contributed by atoms with E-state index in [2.05, 4.69) is 30.1 Å². The molecule has 1 unspecified atom stereocenters. The van der Waals surface area contributed by atoms with E-state index in [1.165, 1.54) is 0 Å². The fraction of sp³-hybridized carbons (Fsp3) is 0.240. The molecule has 1 aliphatic heterocycles. The summed E-state index contributed by atoms with van der Waals surface area (Å²) >= 11 is 0. The number of carbonyl (C=O) groups is 1. The van der Waals surface area contributed by atoms with E-state index in [1.54, 1.807) is 10.9 Å². The van der Waals surface area contributed by atoms with E-state index in [1.807, 2.05) is 72.2 Å². The van der Waals surface area contributed by atoms with E-state index in [9.17, 15) is 4.79 Å². The SMILES string of the molecule is O=C(c1ccc(-n2cc(-c3n[nH]c4ccccc34)nn2)cc1)N1CCCC(Cn2ccnc2)C1. The quantitative estimate of drug-likeness (QED) is 0.440. The number of likely N-dealkylation sites (tertiary alicyclic amines) is 1. The van der Waals surface area contributed by atoms with Gasteiger partial charge in [0.1, 0.15) is 11.4 Å². The number of hydrogen-bond acceptors (Lipinski definition) is 5. The molecule has 0 bridgehead atoms. The number of amides is 1. The fourth-order valence-electron chi connectivity index (χ4n) is 4.69. The number of piperidine rings is 1. The molecule has 1 saturated heterocycles. The summed E-state index contributed by atoms with van der Waals surface area (Å²) in [5.41, 5.74) is 3.94. The van der Waals surface area contributed by atoms with E-state index >= 15 is 0 Å². The Kier molecular flexibility index (Phi) is 5.14. The minimum absolute atomic E-state index is 0.0733. The molecule has 6 rings (SSSR count). The van der Waals surface area contributed by atoms with Crippen LogP contribution in [-0.2, 0) is 6.54 Å². The average Bonchev–Trinajstić information content (AvgIpc) is 3.65. The zero-order valence-electron chi connectivity index (χ0n) is 18.6. The second-order valence-electron chi connectivity index (χ2n) is 8.73. The molecule has 34 heavy (non-hydrogen) atoms. The van der Waals surface area contributed by atoms with E-state index < -0.39 is 0 Å². The Bertz CT molecular complexity index is 1420. The fourth-order valence-corrected chi connectivity index (χ4v) is 4.69. The highest BCUT2D eigenvalue weighted by Crippen LogP contribution is 2.25. The molecule has 0 radical (unpaired) electrons. The molecule has 1 fully saturated rings. The number of carbonyl (C=O) groups excluding carboxylic acids is 1. The van der Waals surface area contributed by atoms with Gasteiger partial charge in [-0.05, 0) is 49.1 Å². The molecule has 9 heteroatoms. The first kappa shape index (κ1) is 20.3. The number of para-hydroxylation sites is 1. The topological polar surface area (TPSA) is 97.5 Å². The maximum absolute atomic E-state index is 13.1. The number of benzene rings is 2. The molecule has 170 valence electrons. The number of hydrogen-bond donors (Lipinski definition) is 1. The van der Waals surface area contributed by atoms with E-state index in [4.69, 9.17) is 0 Å². The van der Waals surface area contributed by atoms with E-state index in [0.717, 1.165) is 54.8 Å². The molecule has 0 aliphatic carbocycles. The zero-order valence-corrected chi connectivity index (χ0v) is 18.6. The minimum atomic E-state index is 0.0733. The zero-order chi connectivity index (χ0) is 22.9. The number of aromatic amines is 1. The maximum Gasteiger partial charge on any atom is 0.253 e. The van der Waals surface area contributed by atoms with Crippen LogP contribution in [-0.4, -0.2) is 58.6 Å². The van der Waals surface area contributed by atoms with Crippen LogP contribution >= 0.6 is 0 Å². The second-order valence-corrected chi connectivity index (χ2v) is 8.73. The highest BCUT2D eigenvalue weighted by Gasteiger charge is 2.25. The summed E-state index contributed by atoms with van der Waals surface area (Å²) in [7, 11) is 0. The van der Waals surface area contributed by atoms with Crippen molar-refractivity contribution in [2.75, 3.05) is 13.1 Å². The van der Waals surface area contributed by atoms with Crippen LogP contribution in [0.2, 0.25) is 0 Å². The van der Waals surface area contributed by atoms with Gasteiger partial charge in [-0.2, -0.15) is 5.10 Å². The van der Waals surface area contributed by atoms with Gasteiger partial charge in [-0.1, -0.05) is 23.4 Å². The molecule has 1 atom stereocenters. The van der Waals surface area contributed by atoms with Gasteiger partial charge in [-0.25, -0.2) is 9.67 Å². The van der Waals surface area contributed by atoms with Crippen LogP contribution in [0, 0.1) is 5.92 Å². The molecular formula is C25H24N8O. The third-order valence-corrected chi connectivity index (χ3v) is 6.42. The van der Waals surface area contributed by atoms with Gasteiger partial charge in [0.05, 0.1) is 23.7 Å². The lowest BCUT2D eigenvalue weighted by Gasteiger charge is -2.33. The number of nitrogens with one attached hydrogen (secondary N) is 1. The predicted molar refractivity (Wildman–Crippen MR) is 127 cm³/mol. The lowest BCUT2D eigenvalue weighted by atomic mass is 9.97. The normalized spacial score (nSPS) is 16.2. The molecule has 3 aromatic heterocycles. The molecular weight excluding hydrogens is 428 g/mol. The Morgan fingerprint density at radius 3 is 2.85 bits per heavy atom. The minimum Gasteiger partial charge on any atom is -0.338 e.